The van der Waals surface area contributed by atoms with Gasteiger partial charge in [0, 0.05) is 43.1 Å². The van der Waals surface area contributed by atoms with Crippen molar-refractivity contribution >= 4 is 40.5 Å². The summed E-state index contributed by atoms with van der Waals surface area (Å²) in [6.07, 6.45) is 1.79. The van der Waals surface area contributed by atoms with Gasteiger partial charge in [-0.1, -0.05) is 17.7 Å². The summed E-state index contributed by atoms with van der Waals surface area (Å²) in [5.41, 5.74) is 5.65. The number of halogens is 1. The Balaban J connectivity index is 1.30. The summed E-state index contributed by atoms with van der Waals surface area (Å²) in [4.78, 5) is 38.6. The molecule has 1 saturated heterocycles. The first kappa shape index (κ1) is 25.7. The number of imidazole rings is 1. The average molecular weight is 533 g/mol. The van der Waals surface area contributed by atoms with E-state index < -0.39 is 5.97 Å². The minimum atomic E-state index is -0.539. The number of anilines is 1. The van der Waals surface area contributed by atoms with E-state index in [9.17, 15) is 9.59 Å². The summed E-state index contributed by atoms with van der Waals surface area (Å²) in [5, 5.41) is 3.23. The summed E-state index contributed by atoms with van der Waals surface area (Å²) < 4.78 is 6.95. The number of nitrogens with one attached hydrogen (secondary N) is 1. The van der Waals surface area contributed by atoms with Crippen LogP contribution in [-0.2, 0) is 11.3 Å². The highest BCUT2D eigenvalue weighted by Crippen LogP contribution is 2.25. The number of esters is 1. The molecule has 196 valence electrons. The van der Waals surface area contributed by atoms with Crippen LogP contribution in [0.5, 0.6) is 0 Å². The Morgan fingerprint density at radius 2 is 1.76 bits per heavy atom. The zero-order valence-corrected chi connectivity index (χ0v) is 22.3. The molecular weight excluding hydrogens is 504 g/mol. The Morgan fingerprint density at radius 3 is 2.47 bits per heavy atom. The van der Waals surface area contributed by atoms with Crippen molar-refractivity contribution in [2.24, 2.45) is 0 Å². The molecule has 0 bridgehead atoms. The van der Waals surface area contributed by atoms with Crippen molar-refractivity contribution in [1.29, 1.82) is 0 Å². The third-order valence-electron chi connectivity index (χ3n) is 6.60. The number of hydrogen-bond acceptors (Lipinski definition) is 6. The Kier molecular flexibility index (Phi) is 7.31. The van der Waals surface area contributed by atoms with Crippen molar-refractivity contribution < 1.29 is 14.3 Å². The SMILES string of the molecule is COC(=O)c1ccc(Cl)cc1NC(=O)N1CCN(Cc2nc3cccnc3n2-c2cc(C)cc(C)c2)CC1. The Hall–Kier alpha value is -3.95. The van der Waals surface area contributed by atoms with Crippen LogP contribution in [0.3, 0.4) is 0 Å². The number of aryl methyl sites for hydroxylation is 2. The van der Waals surface area contributed by atoms with E-state index in [-0.39, 0.29) is 11.6 Å². The molecule has 0 saturated carbocycles. The fraction of sp³-hybridized carbons (Fsp3) is 0.286. The van der Waals surface area contributed by atoms with E-state index in [1.165, 1.54) is 18.2 Å². The summed E-state index contributed by atoms with van der Waals surface area (Å²) in [7, 11) is 1.30. The number of pyridine rings is 1. The van der Waals surface area contributed by atoms with E-state index in [1.807, 2.05) is 12.1 Å². The van der Waals surface area contributed by atoms with Gasteiger partial charge >= 0.3 is 12.0 Å². The molecule has 2 aromatic heterocycles. The molecule has 1 aliphatic rings. The van der Waals surface area contributed by atoms with Crippen LogP contribution in [0.15, 0.2) is 54.7 Å². The van der Waals surface area contributed by atoms with Crippen LogP contribution in [0.2, 0.25) is 5.02 Å². The van der Waals surface area contributed by atoms with Crippen molar-refractivity contribution in [3.05, 3.63) is 82.3 Å². The normalized spacial score (nSPS) is 14.1. The van der Waals surface area contributed by atoms with Crippen LogP contribution < -0.4 is 5.32 Å². The van der Waals surface area contributed by atoms with Crippen molar-refractivity contribution in [1.82, 2.24) is 24.3 Å². The zero-order valence-electron chi connectivity index (χ0n) is 21.6. The van der Waals surface area contributed by atoms with Gasteiger partial charge in [0.15, 0.2) is 5.65 Å². The number of aromatic nitrogens is 3. The lowest BCUT2D eigenvalue weighted by molar-refractivity contribution is 0.0602. The number of piperazine rings is 1. The highest BCUT2D eigenvalue weighted by Gasteiger charge is 2.25. The smallest absolute Gasteiger partial charge is 0.339 e. The molecule has 0 radical (unpaired) electrons. The predicted octanol–water partition coefficient (Wildman–Crippen LogP) is 4.83. The first-order valence-electron chi connectivity index (χ1n) is 12.4. The Morgan fingerprint density at radius 1 is 1.03 bits per heavy atom. The van der Waals surface area contributed by atoms with Gasteiger partial charge in [-0.05, 0) is 67.4 Å². The van der Waals surface area contributed by atoms with Crippen LogP contribution in [0, 0.1) is 13.8 Å². The van der Waals surface area contributed by atoms with Gasteiger partial charge in [0.05, 0.1) is 24.9 Å². The van der Waals surface area contributed by atoms with Gasteiger partial charge in [0.25, 0.3) is 0 Å². The summed E-state index contributed by atoms with van der Waals surface area (Å²) in [6, 6.07) is 14.7. The number of benzene rings is 2. The minimum Gasteiger partial charge on any atom is -0.465 e. The minimum absolute atomic E-state index is 0.253. The first-order valence-corrected chi connectivity index (χ1v) is 12.8. The van der Waals surface area contributed by atoms with E-state index in [0.29, 0.717) is 43.4 Å². The molecule has 0 aliphatic carbocycles. The summed E-state index contributed by atoms with van der Waals surface area (Å²) in [6.45, 7) is 7.21. The fourth-order valence-electron chi connectivity index (χ4n) is 4.83. The molecule has 3 heterocycles. The number of ether oxygens (including phenoxy) is 1. The number of carbonyl (C=O) groups is 2. The third kappa shape index (κ3) is 5.34. The molecule has 1 N–H and O–H groups in total. The standard InChI is InChI=1S/C28H29ClN6O3/c1-18-13-19(2)15-21(14-18)35-25(31-23-5-4-8-30-26(23)35)17-33-9-11-34(12-10-33)28(37)32-24-16-20(29)6-7-22(24)27(36)38-3/h4-8,13-16H,9-12,17H2,1-3H3,(H,32,37). The van der Waals surface area contributed by atoms with Crippen LogP contribution in [0.25, 0.3) is 16.9 Å². The second-order valence-corrected chi connectivity index (χ2v) is 9.87. The number of urea groups is 1. The maximum atomic E-state index is 13.0. The predicted molar refractivity (Wildman–Crippen MR) is 147 cm³/mol. The average Bonchev–Trinajstić information content (AvgIpc) is 3.26. The molecule has 38 heavy (non-hydrogen) atoms. The Bertz CT molecular complexity index is 1490. The van der Waals surface area contributed by atoms with Gasteiger partial charge in [0.1, 0.15) is 11.3 Å². The number of nitrogens with zero attached hydrogens (tertiary/aromatic N) is 5. The van der Waals surface area contributed by atoms with Gasteiger partial charge < -0.3 is 15.0 Å². The van der Waals surface area contributed by atoms with E-state index >= 15 is 0 Å². The maximum Gasteiger partial charge on any atom is 0.339 e. The van der Waals surface area contributed by atoms with Gasteiger partial charge in [-0.3, -0.25) is 9.47 Å². The third-order valence-corrected chi connectivity index (χ3v) is 6.84. The van der Waals surface area contributed by atoms with Crippen LogP contribution in [-0.4, -0.2) is 69.6 Å². The summed E-state index contributed by atoms with van der Waals surface area (Å²) >= 11 is 6.10. The molecule has 4 aromatic rings. The lowest BCUT2D eigenvalue weighted by atomic mass is 10.1. The van der Waals surface area contributed by atoms with Crippen molar-refractivity contribution in [2.75, 3.05) is 38.6 Å². The number of methoxy groups -OCH3 is 1. The van der Waals surface area contributed by atoms with Crippen LogP contribution in [0.1, 0.15) is 27.3 Å². The lowest BCUT2D eigenvalue weighted by Crippen LogP contribution is -2.49. The quantitative estimate of drug-likeness (QED) is 0.370. The highest BCUT2D eigenvalue weighted by molar-refractivity contribution is 6.31. The second kappa shape index (κ2) is 10.8. The first-order chi connectivity index (χ1) is 18.3. The van der Waals surface area contributed by atoms with Gasteiger partial charge in [0.2, 0.25) is 0 Å². The van der Waals surface area contributed by atoms with Crippen LogP contribution >= 0.6 is 11.6 Å². The summed E-state index contributed by atoms with van der Waals surface area (Å²) in [5.74, 6) is 0.367. The molecular formula is C28H29ClN6O3. The lowest BCUT2D eigenvalue weighted by Gasteiger charge is -2.34. The van der Waals surface area contributed by atoms with Crippen LogP contribution in [0.4, 0.5) is 10.5 Å². The monoisotopic (exact) mass is 532 g/mol. The molecule has 10 heteroatoms. The van der Waals surface area contributed by atoms with Crippen molar-refractivity contribution in [2.45, 2.75) is 20.4 Å². The van der Waals surface area contributed by atoms with E-state index in [1.54, 1.807) is 29.3 Å². The molecule has 1 aliphatic heterocycles. The zero-order chi connectivity index (χ0) is 26.8. The van der Waals surface area contributed by atoms with Crippen molar-refractivity contribution in [3.63, 3.8) is 0 Å². The molecule has 0 atom stereocenters. The van der Waals surface area contributed by atoms with Gasteiger partial charge in [-0.25, -0.2) is 19.6 Å². The molecule has 5 rings (SSSR count). The highest BCUT2D eigenvalue weighted by atomic mass is 35.5. The number of carbonyl (C=O) groups excluding carboxylic acids is 2. The number of hydrogen-bond donors (Lipinski definition) is 1. The maximum absolute atomic E-state index is 13.0. The number of fused-ring (bicyclic) bond motifs is 1. The van der Waals surface area contributed by atoms with Gasteiger partial charge in [-0.15, -0.1) is 0 Å². The largest absolute Gasteiger partial charge is 0.465 e. The molecule has 1 fully saturated rings. The van der Waals surface area contributed by atoms with E-state index in [4.69, 9.17) is 21.3 Å². The number of amides is 2. The molecule has 9 nitrogen and oxygen atoms in total. The number of rotatable bonds is 5. The van der Waals surface area contributed by atoms with Crippen molar-refractivity contribution in [3.8, 4) is 5.69 Å². The molecule has 2 aromatic carbocycles. The van der Waals surface area contributed by atoms with Gasteiger partial charge in [-0.2, -0.15) is 0 Å². The van der Waals surface area contributed by atoms with E-state index in [0.717, 1.165) is 22.7 Å². The van der Waals surface area contributed by atoms with E-state index in [2.05, 4.69) is 51.8 Å². The second-order valence-electron chi connectivity index (χ2n) is 9.43. The molecule has 0 unspecified atom stereocenters. The Labute approximate surface area is 226 Å². The molecule has 2 amide bonds. The topological polar surface area (TPSA) is 92.6 Å². The fourth-order valence-corrected chi connectivity index (χ4v) is 5.00. The molecule has 0 spiro atoms.